The van der Waals surface area contributed by atoms with Gasteiger partial charge in [-0.3, -0.25) is 0 Å². The highest BCUT2D eigenvalue weighted by Crippen LogP contribution is 2.63. The number of alkyl halides is 2. The molecule has 0 aromatic heterocycles. The molecule has 0 spiro atoms. The summed E-state index contributed by atoms with van der Waals surface area (Å²) in [5.74, 6) is 0. The van der Waals surface area contributed by atoms with Gasteiger partial charge in [-0.2, -0.15) is 0 Å². The average molecular weight is 751 g/mol. The van der Waals surface area contributed by atoms with Crippen molar-refractivity contribution in [2.24, 2.45) is 0 Å². The van der Waals surface area contributed by atoms with Crippen LogP contribution in [0.25, 0.3) is 0 Å². The molecule has 0 saturated carbocycles. The molecule has 4 rings (SSSR count). The molecule has 0 N–H and O–H groups in total. The minimum Gasteiger partial charge on any atom is -0.351 e. The van der Waals surface area contributed by atoms with Crippen molar-refractivity contribution in [3.8, 4) is 0 Å². The van der Waals surface area contributed by atoms with Crippen LogP contribution >= 0.6 is 116 Å². The smallest absolute Gasteiger partial charge is 0.138 e. The van der Waals surface area contributed by atoms with Crippen molar-refractivity contribution in [3.05, 3.63) is 137 Å². The van der Waals surface area contributed by atoms with Gasteiger partial charge in [-0.1, -0.05) is 166 Å². The van der Waals surface area contributed by atoms with Crippen LogP contribution in [-0.4, -0.2) is 21.0 Å². The summed E-state index contributed by atoms with van der Waals surface area (Å²) in [6.07, 6.45) is 2.77. The number of benzene rings is 2. The normalized spacial score (nSPS) is 30.7. The highest BCUT2D eigenvalue weighted by molar-refractivity contribution is 6.56. The monoisotopic (exact) mass is 746 g/mol. The molecule has 4 atom stereocenters. The highest BCUT2D eigenvalue weighted by atomic mass is 35.5. The van der Waals surface area contributed by atoms with Gasteiger partial charge in [0, 0.05) is 12.8 Å². The minimum atomic E-state index is -1.83. The van der Waals surface area contributed by atoms with E-state index in [9.17, 15) is 0 Å². The molecular weight excluding hydrogens is 731 g/mol. The Balaban J connectivity index is 2.15. The second-order valence-corrected chi connectivity index (χ2v) is 13.6. The Morgan fingerprint density at radius 3 is 1.10 bits per heavy atom. The third-order valence-corrected chi connectivity index (χ3v) is 12.7. The molecule has 1 nitrogen and oxygen atoms in total. The van der Waals surface area contributed by atoms with Crippen molar-refractivity contribution in [2.75, 3.05) is 0 Å². The Kier molecular flexibility index (Phi) is 10.4. The summed E-state index contributed by atoms with van der Waals surface area (Å²) >= 11 is 69.1. The van der Waals surface area contributed by atoms with E-state index in [2.05, 4.69) is 13.2 Å². The molecule has 0 aliphatic heterocycles. The number of rotatable bonds is 8. The van der Waals surface area contributed by atoms with Crippen LogP contribution in [0, 0.1) is 0 Å². The zero-order chi connectivity index (χ0) is 30.4. The van der Waals surface area contributed by atoms with Gasteiger partial charge in [-0.25, -0.2) is 0 Å². The van der Waals surface area contributed by atoms with E-state index in [1.165, 1.54) is 12.2 Å². The van der Waals surface area contributed by atoms with Crippen molar-refractivity contribution >= 4 is 116 Å². The number of allylic oxidation sites excluding steroid dienone is 4. The van der Waals surface area contributed by atoms with E-state index < -0.39 is 21.0 Å². The SMILES string of the molecule is C=CC1(Cl)C(Cl)=C(Cl)C(Cl)=C(Cl)C1(Cc1ccccc1)OC1(Cc2ccccc2)C(Cl)=C(Cl)C(Cl)=C(Cl)C1(Cl)C=C. The van der Waals surface area contributed by atoms with Gasteiger partial charge in [0.15, 0.2) is 0 Å². The first-order valence-corrected chi connectivity index (χ1v) is 15.7. The van der Waals surface area contributed by atoms with Crippen LogP contribution in [0.4, 0.5) is 0 Å². The molecule has 2 aromatic rings. The molecule has 0 fully saturated rings. The second-order valence-electron chi connectivity index (χ2n) is 9.42. The molecule has 0 radical (unpaired) electrons. The lowest BCUT2D eigenvalue weighted by Gasteiger charge is -2.56. The van der Waals surface area contributed by atoms with Gasteiger partial charge in [0.1, 0.15) is 21.0 Å². The van der Waals surface area contributed by atoms with Crippen LogP contribution in [0.15, 0.2) is 126 Å². The Morgan fingerprint density at radius 2 is 0.805 bits per heavy atom. The molecule has 0 amide bonds. The van der Waals surface area contributed by atoms with Crippen LogP contribution in [0.5, 0.6) is 0 Å². The van der Waals surface area contributed by atoms with Gasteiger partial charge in [-0.05, 0) is 11.1 Å². The Morgan fingerprint density at radius 1 is 0.512 bits per heavy atom. The van der Waals surface area contributed by atoms with Crippen LogP contribution in [0.3, 0.4) is 0 Å². The van der Waals surface area contributed by atoms with E-state index in [1.54, 1.807) is 0 Å². The molecule has 41 heavy (non-hydrogen) atoms. The maximum atomic E-state index is 7.38. The summed E-state index contributed by atoms with van der Waals surface area (Å²) in [7, 11) is 0. The van der Waals surface area contributed by atoms with Gasteiger partial charge < -0.3 is 4.74 Å². The highest BCUT2D eigenvalue weighted by Gasteiger charge is 2.67. The van der Waals surface area contributed by atoms with Crippen molar-refractivity contribution in [2.45, 2.75) is 33.8 Å². The van der Waals surface area contributed by atoms with E-state index in [4.69, 9.17) is 121 Å². The topological polar surface area (TPSA) is 9.23 Å². The molecule has 4 unspecified atom stereocenters. The molecule has 11 heteroatoms. The third kappa shape index (κ3) is 5.26. The maximum absolute atomic E-state index is 7.38. The van der Waals surface area contributed by atoms with Crippen molar-refractivity contribution < 1.29 is 4.74 Å². The fraction of sp³-hybridized carbons (Fsp3) is 0.200. The first-order chi connectivity index (χ1) is 19.3. The summed E-state index contributed by atoms with van der Waals surface area (Å²) in [6.45, 7) is 7.92. The molecule has 2 aliphatic rings. The largest absolute Gasteiger partial charge is 0.351 e. The van der Waals surface area contributed by atoms with Crippen molar-refractivity contribution in [1.82, 2.24) is 0 Å². The van der Waals surface area contributed by atoms with E-state index >= 15 is 0 Å². The van der Waals surface area contributed by atoms with Crippen LogP contribution in [0.1, 0.15) is 11.1 Å². The first-order valence-electron chi connectivity index (χ1n) is 11.9. The quantitative estimate of drug-likeness (QED) is 0.193. The zero-order valence-corrected chi connectivity index (χ0v) is 28.5. The molecule has 0 heterocycles. The lowest BCUT2D eigenvalue weighted by molar-refractivity contribution is -0.128. The summed E-state index contributed by atoms with van der Waals surface area (Å²) in [5.41, 5.74) is -2.16. The van der Waals surface area contributed by atoms with E-state index in [1.807, 2.05) is 60.7 Å². The van der Waals surface area contributed by atoms with Crippen LogP contribution < -0.4 is 0 Å². The Bertz CT molecular complexity index is 1400. The Labute approximate surface area is 289 Å². The third-order valence-electron chi connectivity index (χ3n) is 7.18. The van der Waals surface area contributed by atoms with Gasteiger partial charge in [0.05, 0.1) is 40.3 Å². The summed E-state index contributed by atoms with van der Waals surface area (Å²) in [6, 6.07) is 18.5. The van der Waals surface area contributed by atoms with Crippen molar-refractivity contribution in [3.63, 3.8) is 0 Å². The molecule has 2 aliphatic carbocycles. The van der Waals surface area contributed by atoms with Crippen LogP contribution in [0.2, 0.25) is 0 Å². The first kappa shape index (κ1) is 33.6. The molecule has 0 bridgehead atoms. The summed E-state index contributed by atoms with van der Waals surface area (Å²) in [4.78, 5) is -3.58. The zero-order valence-electron chi connectivity index (χ0n) is 20.9. The number of ether oxygens (including phenoxy) is 1. The van der Waals surface area contributed by atoms with Crippen molar-refractivity contribution in [1.29, 1.82) is 0 Å². The van der Waals surface area contributed by atoms with Crippen LogP contribution in [-0.2, 0) is 17.6 Å². The van der Waals surface area contributed by atoms with Gasteiger partial charge in [0.2, 0.25) is 0 Å². The standard InChI is InChI=1S/C30H20Cl10O/c1-3-27(39)23(35)19(31)21(33)25(37)29(27,15-17-11-7-5-8-12-17)41-30(16-18-13-9-6-10-14-18)26(38)22(34)20(32)24(36)28(30,40)4-2/h3-14H,1-2,15-16H2. The lowest BCUT2D eigenvalue weighted by Crippen LogP contribution is -2.66. The molecule has 2 aromatic carbocycles. The predicted molar refractivity (Wildman–Crippen MR) is 179 cm³/mol. The van der Waals surface area contributed by atoms with E-state index in [-0.39, 0.29) is 53.1 Å². The summed E-state index contributed by atoms with van der Waals surface area (Å²) in [5, 5.41) is -0.579. The minimum absolute atomic E-state index is 0.0102. The lowest BCUT2D eigenvalue weighted by atomic mass is 9.73. The van der Waals surface area contributed by atoms with E-state index in [0.717, 1.165) is 11.1 Å². The fourth-order valence-corrected chi connectivity index (χ4v) is 8.33. The molecule has 216 valence electrons. The fourth-order valence-electron chi connectivity index (χ4n) is 5.03. The Hall–Kier alpha value is -0.260. The molecule has 0 saturated heterocycles. The van der Waals surface area contributed by atoms with Gasteiger partial charge >= 0.3 is 0 Å². The second kappa shape index (κ2) is 12.6. The number of halogens is 10. The van der Waals surface area contributed by atoms with Gasteiger partial charge in [0.25, 0.3) is 0 Å². The van der Waals surface area contributed by atoms with Gasteiger partial charge in [-0.15, -0.1) is 36.4 Å². The summed E-state index contributed by atoms with van der Waals surface area (Å²) < 4.78 is 7.22. The number of hydrogen-bond acceptors (Lipinski definition) is 1. The predicted octanol–water partition coefficient (Wildman–Crippen LogP) is 12.1. The maximum Gasteiger partial charge on any atom is 0.138 e. The number of hydrogen-bond donors (Lipinski definition) is 0. The average Bonchev–Trinajstić information content (AvgIpc) is 2.99. The van der Waals surface area contributed by atoms with E-state index in [0.29, 0.717) is 0 Å². The molecular formula is C30H20Cl10O.